The number of hydrogen-bond acceptors (Lipinski definition) is 5. The van der Waals surface area contributed by atoms with Gasteiger partial charge in [0.1, 0.15) is 23.7 Å². The van der Waals surface area contributed by atoms with Gasteiger partial charge < -0.3 is 10.1 Å². The Morgan fingerprint density at radius 2 is 1.69 bits per heavy atom. The second-order valence-corrected chi connectivity index (χ2v) is 8.24. The quantitative estimate of drug-likeness (QED) is 0.275. The summed E-state index contributed by atoms with van der Waals surface area (Å²) in [4.78, 5) is 23.4. The van der Waals surface area contributed by atoms with E-state index in [-0.39, 0.29) is 11.6 Å². The van der Waals surface area contributed by atoms with Gasteiger partial charge >= 0.3 is 5.69 Å². The van der Waals surface area contributed by atoms with Gasteiger partial charge in [-0.25, -0.2) is 0 Å². The number of carbonyl (C=O) groups excluding carboxylic acids is 1. The lowest BCUT2D eigenvalue weighted by Crippen LogP contribution is -2.22. The maximum absolute atomic E-state index is 12.6. The molecule has 0 saturated carbocycles. The van der Waals surface area contributed by atoms with Crippen molar-refractivity contribution in [1.29, 1.82) is 0 Å². The molecule has 0 aliphatic rings. The third-order valence-electron chi connectivity index (χ3n) is 5.67. The van der Waals surface area contributed by atoms with Crippen molar-refractivity contribution in [2.45, 2.75) is 33.5 Å². The fourth-order valence-corrected chi connectivity index (χ4v) is 3.81. The van der Waals surface area contributed by atoms with Crippen LogP contribution in [0, 0.1) is 24.0 Å². The van der Waals surface area contributed by atoms with E-state index in [1.807, 2.05) is 66.7 Å². The summed E-state index contributed by atoms with van der Waals surface area (Å²) < 4.78 is 7.47. The summed E-state index contributed by atoms with van der Waals surface area (Å²) in [5, 5.41) is 18.4. The summed E-state index contributed by atoms with van der Waals surface area (Å²) in [6.45, 7) is 4.55. The Hall–Kier alpha value is -4.46. The van der Waals surface area contributed by atoms with Crippen molar-refractivity contribution in [3.05, 3.63) is 123 Å². The summed E-state index contributed by atoms with van der Waals surface area (Å²) in [7, 11) is 0. The highest BCUT2D eigenvalue weighted by atomic mass is 16.6. The van der Waals surface area contributed by atoms with Gasteiger partial charge in [-0.2, -0.15) is 5.10 Å². The van der Waals surface area contributed by atoms with Crippen LogP contribution in [0.3, 0.4) is 0 Å². The smallest absolute Gasteiger partial charge is 0.312 e. The number of nitrogens with zero attached hydrogens (tertiary/aromatic N) is 3. The van der Waals surface area contributed by atoms with Crippen molar-refractivity contribution in [2.75, 3.05) is 0 Å². The van der Waals surface area contributed by atoms with Crippen LogP contribution in [0.5, 0.6) is 5.75 Å². The number of aryl methyl sites for hydroxylation is 1. The number of hydrogen-bond donors (Lipinski definition) is 1. The summed E-state index contributed by atoms with van der Waals surface area (Å²) in [6, 6.07) is 24.7. The van der Waals surface area contributed by atoms with Crippen molar-refractivity contribution in [1.82, 2.24) is 15.1 Å². The molecule has 178 valence electrons. The minimum absolute atomic E-state index is 0.0375. The van der Waals surface area contributed by atoms with Crippen LogP contribution in [0.15, 0.2) is 78.9 Å². The summed E-state index contributed by atoms with van der Waals surface area (Å²) in [5.41, 5.74) is 4.38. The molecule has 1 amide bonds. The number of nitro groups is 1. The molecular formula is C27H26N4O4. The average Bonchev–Trinajstić information content (AvgIpc) is 3.15. The van der Waals surface area contributed by atoms with Crippen LogP contribution >= 0.6 is 0 Å². The number of aromatic nitrogens is 2. The van der Waals surface area contributed by atoms with Gasteiger partial charge in [0.25, 0.3) is 5.91 Å². The third-order valence-corrected chi connectivity index (χ3v) is 5.67. The molecule has 0 unspecified atom stereocenters. The van der Waals surface area contributed by atoms with E-state index >= 15 is 0 Å². The topological polar surface area (TPSA) is 99.3 Å². The fraction of sp³-hybridized carbons (Fsp3) is 0.185. The molecule has 0 atom stereocenters. The number of nitrogens with one attached hydrogen (secondary N) is 1. The van der Waals surface area contributed by atoms with Crippen molar-refractivity contribution >= 4 is 11.6 Å². The molecule has 0 aliphatic heterocycles. The molecule has 0 bridgehead atoms. The number of carbonyl (C=O) groups is 1. The first kappa shape index (κ1) is 23.7. The van der Waals surface area contributed by atoms with E-state index in [2.05, 4.69) is 10.4 Å². The van der Waals surface area contributed by atoms with Crippen LogP contribution in [0.2, 0.25) is 0 Å². The fourth-order valence-electron chi connectivity index (χ4n) is 3.81. The molecule has 35 heavy (non-hydrogen) atoms. The summed E-state index contributed by atoms with van der Waals surface area (Å²) in [5.74, 6) is 0.559. The highest BCUT2D eigenvalue weighted by molar-refractivity contribution is 5.94. The minimum atomic E-state index is -0.410. The van der Waals surface area contributed by atoms with E-state index in [0.717, 1.165) is 22.4 Å². The predicted molar refractivity (Wildman–Crippen MR) is 132 cm³/mol. The van der Waals surface area contributed by atoms with E-state index in [0.29, 0.717) is 36.6 Å². The largest absolute Gasteiger partial charge is 0.489 e. The molecule has 0 aliphatic carbocycles. The highest BCUT2D eigenvalue weighted by Gasteiger charge is 2.21. The maximum atomic E-state index is 12.6. The molecule has 1 aromatic heterocycles. The lowest BCUT2D eigenvalue weighted by atomic mass is 10.1. The zero-order valence-corrected chi connectivity index (χ0v) is 19.6. The number of rotatable bonds is 9. The number of ether oxygens (including phenoxy) is 1. The van der Waals surface area contributed by atoms with Crippen molar-refractivity contribution < 1.29 is 14.5 Å². The van der Waals surface area contributed by atoms with E-state index in [9.17, 15) is 14.9 Å². The Labute approximate surface area is 203 Å². The Balaban J connectivity index is 1.33. The van der Waals surface area contributed by atoms with Crippen LogP contribution in [0.1, 0.15) is 38.4 Å². The Morgan fingerprint density at radius 3 is 2.37 bits per heavy atom. The van der Waals surface area contributed by atoms with Crippen LogP contribution < -0.4 is 10.1 Å². The first-order chi connectivity index (χ1) is 16.9. The summed E-state index contributed by atoms with van der Waals surface area (Å²) in [6.07, 6.45) is 0. The molecule has 1 heterocycles. The van der Waals surface area contributed by atoms with Gasteiger partial charge in [0.2, 0.25) is 0 Å². The monoisotopic (exact) mass is 470 g/mol. The second kappa shape index (κ2) is 10.6. The SMILES string of the molecule is Cc1nn(Cc2ccc(C(=O)NCc3cccc(OCc4ccccc4)c3)cc2)c(C)c1[N+](=O)[O-]. The van der Waals surface area contributed by atoms with Crippen molar-refractivity contribution in [2.24, 2.45) is 0 Å². The van der Waals surface area contributed by atoms with Crippen LogP contribution in [-0.4, -0.2) is 20.6 Å². The second-order valence-electron chi connectivity index (χ2n) is 8.24. The highest BCUT2D eigenvalue weighted by Crippen LogP contribution is 2.22. The lowest BCUT2D eigenvalue weighted by Gasteiger charge is -2.10. The Bertz CT molecular complexity index is 1330. The van der Waals surface area contributed by atoms with Crippen molar-refractivity contribution in [3.63, 3.8) is 0 Å². The molecular weight excluding hydrogens is 444 g/mol. The Morgan fingerprint density at radius 1 is 0.971 bits per heavy atom. The molecule has 0 fully saturated rings. The number of amides is 1. The van der Waals surface area contributed by atoms with E-state index in [1.165, 1.54) is 0 Å². The van der Waals surface area contributed by atoms with Gasteiger partial charge in [-0.3, -0.25) is 19.6 Å². The van der Waals surface area contributed by atoms with Gasteiger partial charge in [0.15, 0.2) is 0 Å². The van der Waals surface area contributed by atoms with Gasteiger partial charge in [0, 0.05) is 12.1 Å². The van der Waals surface area contributed by atoms with E-state index in [4.69, 9.17) is 4.74 Å². The van der Waals surface area contributed by atoms with Crippen LogP contribution in [0.25, 0.3) is 0 Å². The van der Waals surface area contributed by atoms with E-state index < -0.39 is 4.92 Å². The molecule has 3 aromatic carbocycles. The number of benzene rings is 3. The predicted octanol–water partition coefficient (Wildman–Crippen LogP) is 4.97. The zero-order chi connectivity index (χ0) is 24.8. The lowest BCUT2D eigenvalue weighted by molar-refractivity contribution is -0.386. The first-order valence-corrected chi connectivity index (χ1v) is 11.2. The molecule has 8 heteroatoms. The van der Waals surface area contributed by atoms with Gasteiger partial charge in [-0.05, 0) is 54.8 Å². The van der Waals surface area contributed by atoms with Gasteiger partial charge in [-0.15, -0.1) is 0 Å². The van der Waals surface area contributed by atoms with Crippen LogP contribution in [-0.2, 0) is 19.7 Å². The minimum Gasteiger partial charge on any atom is -0.489 e. The zero-order valence-electron chi connectivity index (χ0n) is 19.6. The van der Waals surface area contributed by atoms with Crippen molar-refractivity contribution in [3.8, 4) is 5.75 Å². The van der Waals surface area contributed by atoms with Crippen LogP contribution in [0.4, 0.5) is 5.69 Å². The normalized spacial score (nSPS) is 10.7. The molecule has 8 nitrogen and oxygen atoms in total. The molecule has 4 rings (SSSR count). The molecule has 0 spiro atoms. The van der Waals surface area contributed by atoms with Gasteiger partial charge in [0.05, 0.1) is 11.5 Å². The Kier molecular flexibility index (Phi) is 7.21. The van der Waals surface area contributed by atoms with E-state index in [1.54, 1.807) is 30.7 Å². The maximum Gasteiger partial charge on any atom is 0.312 e. The standard InChI is InChI=1S/C27H26N4O4/c1-19-26(31(33)34)20(2)30(29-19)17-21-11-13-24(14-12-21)27(32)28-16-23-9-6-10-25(15-23)35-18-22-7-4-3-5-8-22/h3-15H,16-18H2,1-2H3,(H,28,32). The molecule has 0 radical (unpaired) electrons. The first-order valence-electron chi connectivity index (χ1n) is 11.2. The van der Waals surface area contributed by atoms with Gasteiger partial charge in [-0.1, -0.05) is 54.6 Å². The molecule has 0 saturated heterocycles. The molecule has 1 N–H and O–H groups in total. The summed E-state index contributed by atoms with van der Waals surface area (Å²) >= 11 is 0. The average molecular weight is 471 g/mol. The third kappa shape index (κ3) is 5.92. The molecule has 4 aromatic rings.